The van der Waals surface area contributed by atoms with Gasteiger partial charge in [0.2, 0.25) is 15.9 Å². The number of anilines is 1. The van der Waals surface area contributed by atoms with Gasteiger partial charge in [-0.2, -0.15) is 0 Å². The van der Waals surface area contributed by atoms with Crippen LogP contribution in [0.3, 0.4) is 0 Å². The van der Waals surface area contributed by atoms with Crippen LogP contribution in [-0.4, -0.2) is 45.0 Å². The Kier molecular flexibility index (Phi) is 5.82. The molecule has 0 aromatic heterocycles. The van der Waals surface area contributed by atoms with Crippen LogP contribution in [0.2, 0.25) is 0 Å². The van der Waals surface area contributed by atoms with Crippen molar-refractivity contribution in [2.45, 2.75) is 12.8 Å². The van der Waals surface area contributed by atoms with E-state index in [0.29, 0.717) is 25.1 Å². The average Bonchev–Trinajstić information content (AvgIpc) is 2.68. The molecule has 1 saturated heterocycles. The molecule has 1 fully saturated rings. The lowest BCUT2D eigenvalue weighted by molar-refractivity contribution is -0.123. The Balaban J connectivity index is 1.66. The highest BCUT2D eigenvalue weighted by Crippen LogP contribution is 2.26. The molecule has 0 N–H and O–H groups in total. The second-order valence-corrected chi connectivity index (χ2v) is 8.75. The topological polar surface area (TPSA) is 66.9 Å². The van der Waals surface area contributed by atoms with E-state index >= 15 is 0 Å². The van der Waals surface area contributed by atoms with E-state index in [-0.39, 0.29) is 18.4 Å². The number of ether oxygens (including phenoxy) is 1. The van der Waals surface area contributed by atoms with Crippen LogP contribution in [0.5, 0.6) is 11.5 Å². The van der Waals surface area contributed by atoms with Gasteiger partial charge in [0.15, 0.2) is 0 Å². The van der Waals surface area contributed by atoms with Gasteiger partial charge in [-0.3, -0.25) is 4.79 Å². The first-order valence-electron chi connectivity index (χ1n) is 8.90. The highest BCUT2D eigenvalue weighted by atomic mass is 32.2. The first-order chi connectivity index (χ1) is 12.8. The minimum absolute atomic E-state index is 0.0694. The fraction of sp³-hybridized carbons (Fsp3) is 0.350. The number of rotatable bonds is 5. The summed E-state index contributed by atoms with van der Waals surface area (Å²) in [4.78, 5) is 14.4. The molecule has 1 aliphatic heterocycles. The third-order valence-electron chi connectivity index (χ3n) is 4.74. The van der Waals surface area contributed by atoms with Crippen LogP contribution in [-0.2, 0) is 14.8 Å². The Hall–Kier alpha value is -2.38. The van der Waals surface area contributed by atoms with Gasteiger partial charge in [-0.05, 0) is 49.2 Å². The summed E-state index contributed by atoms with van der Waals surface area (Å²) in [5.41, 5.74) is 0.747. The average molecular weight is 388 g/mol. The molecule has 1 heterocycles. The van der Waals surface area contributed by atoms with Gasteiger partial charge >= 0.3 is 0 Å². The maximum atomic E-state index is 12.8. The van der Waals surface area contributed by atoms with Crippen molar-refractivity contribution in [2.24, 2.45) is 5.92 Å². The van der Waals surface area contributed by atoms with Crippen molar-refractivity contribution in [3.8, 4) is 11.5 Å². The second kappa shape index (κ2) is 8.10. The molecule has 7 heteroatoms. The maximum Gasteiger partial charge on any atom is 0.231 e. The number of sulfonamides is 1. The zero-order valence-corrected chi connectivity index (χ0v) is 16.4. The molecule has 2 aromatic rings. The summed E-state index contributed by atoms with van der Waals surface area (Å²) in [7, 11) is -1.55. The number of piperidine rings is 1. The SMILES string of the molecule is CN(C(=O)[C@H]1CCCN(S(C)(=O)=O)C1)c1ccc(Oc2ccccc2)cc1. The molecule has 3 rings (SSSR count). The molecular formula is C20H24N2O4S. The fourth-order valence-corrected chi connectivity index (χ4v) is 4.12. The maximum absolute atomic E-state index is 12.8. The second-order valence-electron chi connectivity index (χ2n) is 6.77. The molecule has 0 bridgehead atoms. The van der Waals surface area contributed by atoms with E-state index in [2.05, 4.69) is 0 Å². The number of para-hydroxylation sites is 1. The van der Waals surface area contributed by atoms with E-state index in [1.807, 2.05) is 54.6 Å². The van der Waals surface area contributed by atoms with E-state index < -0.39 is 10.0 Å². The van der Waals surface area contributed by atoms with Crippen molar-refractivity contribution in [2.75, 3.05) is 31.3 Å². The van der Waals surface area contributed by atoms with Crippen LogP contribution in [0.25, 0.3) is 0 Å². The summed E-state index contributed by atoms with van der Waals surface area (Å²) in [5.74, 6) is 1.04. The number of benzene rings is 2. The summed E-state index contributed by atoms with van der Waals surface area (Å²) in [6, 6.07) is 16.8. The normalized spacial score (nSPS) is 18.1. The van der Waals surface area contributed by atoms with Gasteiger partial charge in [0.05, 0.1) is 12.2 Å². The van der Waals surface area contributed by atoms with E-state index in [1.54, 1.807) is 11.9 Å². The standard InChI is InChI=1S/C20H24N2O4S/c1-21(20(23)16-7-6-14-22(15-16)27(2,24)25)17-10-12-19(13-11-17)26-18-8-4-3-5-9-18/h3-5,8-13,16H,6-7,14-15H2,1-2H3/t16-/m0/s1. The summed E-state index contributed by atoms with van der Waals surface area (Å²) in [6.07, 6.45) is 2.58. The fourth-order valence-electron chi connectivity index (χ4n) is 3.21. The molecule has 6 nitrogen and oxygen atoms in total. The number of carbonyl (C=O) groups is 1. The van der Waals surface area contributed by atoms with Crippen LogP contribution in [0.1, 0.15) is 12.8 Å². The first kappa shape index (κ1) is 19.4. The number of carbonyl (C=O) groups excluding carboxylic acids is 1. The van der Waals surface area contributed by atoms with Crippen molar-refractivity contribution < 1.29 is 17.9 Å². The van der Waals surface area contributed by atoms with E-state index in [0.717, 1.165) is 11.4 Å². The highest BCUT2D eigenvalue weighted by Gasteiger charge is 2.32. The minimum atomic E-state index is -3.27. The summed E-state index contributed by atoms with van der Waals surface area (Å²) in [6.45, 7) is 0.731. The van der Waals surface area contributed by atoms with Crippen LogP contribution in [0.4, 0.5) is 5.69 Å². The Morgan fingerprint density at radius 3 is 2.33 bits per heavy atom. The van der Waals surface area contributed by atoms with Crippen molar-refractivity contribution >= 4 is 21.6 Å². The smallest absolute Gasteiger partial charge is 0.231 e. The summed E-state index contributed by atoms with van der Waals surface area (Å²) in [5, 5.41) is 0. The van der Waals surface area contributed by atoms with E-state index in [9.17, 15) is 13.2 Å². The van der Waals surface area contributed by atoms with Gasteiger partial charge in [-0.1, -0.05) is 18.2 Å². The number of hydrogen-bond donors (Lipinski definition) is 0. The largest absolute Gasteiger partial charge is 0.457 e. The van der Waals surface area contributed by atoms with E-state index in [1.165, 1.54) is 10.6 Å². The van der Waals surface area contributed by atoms with Gasteiger partial charge in [0.25, 0.3) is 0 Å². The Morgan fingerprint density at radius 1 is 1.07 bits per heavy atom. The Morgan fingerprint density at radius 2 is 1.70 bits per heavy atom. The summed E-state index contributed by atoms with van der Waals surface area (Å²) < 4.78 is 30.7. The molecular weight excluding hydrogens is 364 g/mol. The number of nitrogens with zero attached hydrogens (tertiary/aromatic N) is 2. The number of hydrogen-bond acceptors (Lipinski definition) is 4. The van der Waals surface area contributed by atoms with Crippen LogP contribution in [0.15, 0.2) is 54.6 Å². The molecule has 1 amide bonds. The van der Waals surface area contributed by atoms with Gasteiger partial charge < -0.3 is 9.64 Å². The van der Waals surface area contributed by atoms with Crippen LogP contribution >= 0.6 is 0 Å². The Bertz CT molecular complexity index is 882. The molecule has 2 aromatic carbocycles. The summed E-state index contributed by atoms with van der Waals surface area (Å²) >= 11 is 0. The predicted octanol–water partition coefficient (Wildman–Crippen LogP) is 3.11. The molecule has 1 atom stereocenters. The monoisotopic (exact) mass is 388 g/mol. The molecule has 0 radical (unpaired) electrons. The molecule has 0 unspecified atom stereocenters. The molecule has 0 saturated carbocycles. The van der Waals surface area contributed by atoms with Crippen molar-refractivity contribution in [1.29, 1.82) is 0 Å². The molecule has 0 aliphatic carbocycles. The minimum Gasteiger partial charge on any atom is -0.457 e. The van der Waals surface area contributed by atoms with Gasteiger partial charge in [-0.15, -0.1) is 0 Å². The van der Waals surface area contributed by atoms with Gasteiger partial charge in [0, 0.05) is 25.8 Å². The Labute approximate surface area is 160 Å². The molecule has 27 heavy (non-hydrogen) atoms. The zero-order valence-electron chi connectivity index (χ0n) is 15.5. The highest BCUT2D eigenvalue weighted by molar-refractivity contribution is 7.88. The van der Waals surface area contributed by atoms with Crippen LogP contribution in [0, 0.1) is 5.92 Å². The number of amides is 1. The lowest BCUT2D eigenvalue weighted by Gasteiger charge is -2.32. The molecule has 144 valence electrons. The predicted molar refractivity (Wildman–Crippen MR) is 106 cm³/mol. The molecule has 0 spiro atoms. The van der Waals surface area contributed by atoms with Crippen LogP contribution < -0.4 is 9.64 Å². The van der Waals surface area contributed by atoms with Crippen molar-refractivity contribution in [3.05, 3.63) is 54.6 Å². The lowest BCUT2D eigenvalue weighted by Crippen LogP contribution is -2.45. The quantitative estimate of drug-likeness (QED) is 0.789. The molecule has 1 aliphatic rings. The van der Waals surface area contributed by atoms with E-state index in [4.69, 9.17) is 4.74 Å². The van der Waals surface area contributed by atoms with Crippen molar-refractivity contribution in [3.63, 3.8) is 0 Å². The third-order valence-corrected chi connectivity index (χ3v) is 6.01. The third kappa shape index (κ3) is 4.87. The van der Waals surface area contributed by atoms with Gasteiger partial charge in [0.1, 0.15) is 11.5 Å². The first-order valence-corrected chi connectivity index (χ1v) is 10.7. The zero-order chi connectivity index (χ0) is 19.4. The van der Waals surface area contributed by atoms with Crippen molar-refractivity contribution in [1.82, 2.24) is 4.31 Å². The lowest BCUT2D eigenvalue weighted by atomic mass is 9.98. The van der Waals surface area contributed by atoms with Gasteiger partial charge in [-0.25, -0.2) is 12.7 Å².